The summed E-state index contributed by atoms with van der Waals surface area (Å²) in [4.78, 5) is 0. The second-order valence-electron chi connectivity index (χ2n) is 5.57. The first-order valence-electron chi connectivity index (χ1n) is 5.96. The van der Waals surface area contributed by atoms with E-state index in [9.17, 15) is 0 Å². The van der Waals surface area contributed by atoms with Gasteiger partial charge in [0.2, 0.25) is 0 Å². The number of aliphatic hydroxyl groups is 1. The van der Waals surface area contributed by atoms with Gasteiger partial charge in [0.15, 0.2) is 0 Å². The summed E-state index contributed by atoms with van der Waals surface area (Å²) in [5, 5.41) is 8.97. The number of nitrogens with two attached hydrogens (primary N) is 1. The van der Waals surface area contributed by atoms with Crippen molar-refractivity contribution in [3.05, 3.63) is 29.8 Å². The van der Waals surface area contributed by atoms with Crippen molar-refractivity contribution < 1.29 is 9.84 Å². The molecule has 96 valence electrons. The number of hydrogen-bond acceptors (Lipinski definition) is 3. The van der Waals surface area contributed by atoms with Crippen molar-refractivity contribution in [2.75, 3.05) is 0 Å². The molecule has 1 aromatic carbocycles. The van der Waals surface area contributed by atoms with Gasteiger partial charge in [0.1, 0.15) is 11.9 Å². The lowest BCUT2D eigenvalue weighted by Gasteiger charge is -2.34. The summed E-state index contributed by atoms with van der Waals surface area (Å²) < 4.78 is 5.93. The minimum atomic E-state index is -0.0394. The van der Waals surface area contributed by atoms with Crippen LogP contribution in [0.4, 0.5) is 0 Å². The molecule has 3 nitrogen and oxygen atoms in total. The van der Waals surface area contributed by atoms with Crippen molar-refractivity contribution in [2.24, 2.45) is 11.1 Å². The quantitative estimate of drug-likeness (QED) is 0.845. The van der Waals surface area contributed by atoms with Crippen LogP contribution in [0.15, 0.2) is 24.3 Å². The second kappa shape index (κ2) is 5.52. The molecule has 0 aliphatic carbocycles. The Kier molecular flexibility index (Phi) is 4.54. The van der Waals surface area contributed by atoms with Crippen LogP contribution in [-0.4, -0.2) is 17.3 Å². The highest BCUT2D eigenvalue weighted by Crippen LogP contribution is 2.26. The second-order valence-corrected chi connectivity index (χ2v) is 5.57. The van der Waals surface area contributed by atoms with E-state index in [-0.39, 0.29) is 24.2 Å². The highest BCUT2D eigenvalue weighted by atomic mass is 16.5. The Hall–Kier alpha value is -1.06. The highest BCUT2D eigenvalue weighted by molar-refractivity contribution is 5.27. The third-order valence-corrected chi connectivity index (χ3v) is 2.70. The molecular weight excluding hydrogens is 214 g/mol. The molecule has 1 aromatic rings. The van der Waals surface area contributed by atoms with Gasteiger partial charge in [-0.25, -0.2) is 0 Å². The van der Waals surface area contributed by atoms with E-state index in [1.54, 1.807) is 0 Å². The zero-order chi connectivity index (χ0) is 13.1. The average Bonchev–Trinajstić information content (AvgIpc) is 2.24. The first kappa shape index (κ1) is 14.0. The van der Waals surface area contributed by atoms with Crippen LogP contribution in [0.1, 0.15) is 33.3 Å². The van der Waals surface area contributed by atoms with E-state index in [0.29, 0.717) is 0 Å². The summed E-state index contributed by atoms with van der Waals surface area (Å²) in [5.41, 5.74) is 6.83. The number of ether oxygens (including phenoxy) is 1. The zero-order valence-corrected chi connectivity index (χ0v) is 11.1. The van der Waals surface area contributed by atoms with Gasteiger partial charge in [0, 0.05) is 11.5 Å². The van der Waals surface area contributed by atoms with Gasteiger partial charge < -0.3 is 15.6 Å². The van der Waals surface area contributed by atoms with Gasteiger partial charge in [-0.3, -0.25) is 0 Å². The summed E-state index contributed by atoms with van der Waals surface area (Å²) in [7, 11) is 0. The molecule has 0 aliphatic heterocycles. The molecule has 0 radical (unpaired) electrons. The van der Waals surface area contributed by atoms with E-state index in [0.717, 1.165) is 11.3 Å². The average molecular weight is 237 g/mol. The van der Waals surface area contributed by atoms with E-state index in [1.807, 2.05) is 31.2 Å². The van der Waals surface area contributed by atoms with Crippen LogP contribution < -0.4 is 10.5 Å². The number of benzene rings is 1. The van der Waals surface area contributed by atoms with Gasteiger partial charge in [-0.15, -0.1) is 0 Å². The van der Waals surface area contributed by atoms with E-state index in [4.69, 9.17) is 15.6 Å². The van der Waals surface area contributed by atoms with Gasteiger partial charge in [-0.2, -0.15) is 0 Å². The Bertz CT molecular complexity index is 338. The molecule has 3 heteroatoms. The Labute approximate surface area is 104 Å². The molecule has 0 bridgehead atoms. The lowest BCUT2D eigenvalue weighted by Crippen LogP contribution is -2.45. The van der Waals surface area contributed by atoms with Crippen LogP contribution in [0.3, 0.4) is 0 Å². The lowest BCUT2D eigenvalue weighted by molar-refractivity contribution is 0.0684. The Balaban J connectivity index is 2.79. The summed E-state index contributed by atoms with van der Waals surface area (Å²) in [5.74, 6) is 0.791. The normalized spacial score (nSPS) is 15.4. The molecule has 0 spiro atoms. The van der Waals surface area contributed by atoms with Crippen LogP contribution in [0.5, 0.6) is 5.75 Å². The minimum Gasteiger partial charge on any atom is -0.488 e. The number of hydrogen-bond donors (Lipinski definition) is 2. The number of aliphatic hydroxyl groups excluding tert-OH is 1. The van der Waals surface area contributed by atoms with E-state index >= 15 is 0 Å². The molecule has 0 saturated heterocycles. The highest BCUT2D eigenvalue weighted by Gasteiger charge is 2.29. The summed E-state index contributed by atoms with van der Waals surface area (Å²) in [6.07, 6.45) is -0.0394. The molecule has 0 aliphatic rings. The summed E-state index contributed by atoms with van der Waals surface area (Å²) >= 11 is 0. The van der Waals surface area contributed by atoms with E-state index in [1.165, 1.54) is 0 Å². The Morgan fingerprint density at radius 2 is 1.76 bits per heavy atom. The van der Waals surface area contributed by atoms with Crippen molar-refractivity contribution in [1.82, 2.24) is 0 Å². The fourth-order valence-electron chi connectivity index (χ4n) is 1.89. The summed E-state index contributed by atoms with van der Waals surface area (Å²) in [6, 6.07) is 7.42. The monoisotopic (exact) mass is 237 g/mol. The minimum absolute atomic E-state index is 0.0101. The maximum Gasteiger partial charge on any atom is 0.119 e. The van der Waals surface area contributed by atoms with Gasteiger partial charge >= 0.3 is 0 Å². The van der Waals surface area contributed by atoms with Crippen LogP contribution in [0.25, 0.3) is 0 Å². The van der Waals surface area contributed by atoms with E-state index in [2.05, 4.69) is 20.8 Å². The third-order valence-electron chi connectivity index (χ3n) is 2.70. The fraction of sp³-hybridized carbons (Fsp3) is 0.571. The molecule has 2 atom stereocenters. The first-order valence-corrected chi connectivity index (χ1v) is 5.96. The van der Waals surface area contributed by atoms with Crippen molar-refractivity contribution >= 4 is 0 Å². The first-order chi connectivity index (χ1) is 7.84. The molecule has 3 N–H and O–H groups in total. The van der Waals surface area contributed by atoms with Gasteiger partial charge in [-0.05, 0) is 24.6 Å². The van der Waals surface area contributed by atoms with Crippen molar-refractivity contribution in [1.29, 1.82) is 0 Å². The molecule has 1 rings (SSSR count). The summed E-state index contributed by atoms with van der Waals surface area (Å²) in [6.45, 7) is 8.35. The predicted molar refractivity (Wildman–Crippen MR) is 69.9 cm³/mol. The molecule has 0 saturated carbocycles. The van der Waals surface area contributed by atoms with Crippen LogP contribution in [0, 0.1) is 5.41 Å². The zero-order valence-electron chi connectivity index (χ0n) is 11.1. The molecule has 0 aromatic heterocycles. The molecule has 0 amide bonds. The fourth-order valence-corrected chi connectivity index (χ4v) is 1.89. The van der Waals surface area contributed by atoms with Crippen LogP contribution in [-0.2, 0) is 6.61 Å². The van der Waals surface area contributed by atoms with E-state index < -0.39 is 0 Å². The van der Waals surface area contributed by atoms with Gasteiger partial charge in [0.25, 0.3) is 0 Å². The van der Waals surface area contributed by atoms with Crippen molar-refractivity contribution in [2.45, 2.75) is 46.4 Å². The molecule has 2 unspecified atom stereocenters. The van der Waals surface area contributed by atoms with Crippen molar-refractivity contribution in [3.8, 4) is 5.75 Å². The molecule has 0 fully saturated rings. The standard InChI is InChI=1S/C14H23NO2/c1-10(15)13(14(2,3)4)17-12-7-5-11(9-16)6-8-12/h5-8,10,13,16H,9,15H2,1-4H3. The lowest BCUT2D eigenvalue weighted by atomic mass is 9.85. The third kappa shape index (κ3) is 4.02. The number of rotatable bonds is 4. The molecule has 17 heavy (non-hydrogen) atoms. The molecule has 0 heterocycles. The molecular formula is C14H23NO2. The van der Waals surface area contributed by atoms with Crippen LogP contribution >= 0.6 is 0 Å². The van der Waals surface area contributed by atoms with Crippen LogP contribution in [0.2, 0.25) is 0 Å². The Morgan fingerprint density at radius 3 is 2.12 bits per heavy atom. The van der Waals surface area contributed by atoms with Crippen molar-refractivity contribution in [3.63, 3.8) is 0 Å². The SMILES string of the molecule is CC(N)C(Oc1ccc(CO)cc1)C(C)(C)C. The Morgan fingerprint density at radius 1 is 1.24 bits per heavy atom. The predicted octanol–water partition coefficient (Wildman–Crippen LogP) is 2.32. The largest absolute Gasteiger partial charge is 0.488 e. The smallest absolute Gasteiger partial charge is 0.119 e. The van der Waals surface area contributed by atoms with Gasteiger partial charge in [0.05, 0.1) is 6.61 Å². The maximum atomic E-state index is 8.97. The topological polar surface area (TPSA) is 55.5 Å². The van der Waals surface area contributed by atoms with Gasteiger partial charge in [-0.1, -0.05) is 32.9 Å². The maximum absolute atomic E-state index is 8.97.